The lowest BCUT2D eigenvalue weighted by Crippen LogP contribution is -2.59. The molecule has 2 saturated heterocycles. The minimum absolute atomic E-state index is 0.173. The Bertz CT molecular complexity index is 882. The number of ether oxygens (including phenoxy) is 1. The molecule has 5 rings (SSSR count). The molecule has 0 spiro atoms. The van der Waals surface area contributed by atoms with E-state index in [0.717, 1.165) is 49.6 Å². The number of piperazine rings is 1. The predicted octanol–water partition coefficient (Wildman–Crippen LogP) is 1.27. The number of fused-ring (bicyclic) bond motifs is 1. The van der Waals surface area contributed by atoms with Crippen molar-refractivity contribution in [3.8, 4) is 11.4 Å². The SMILES string of the molecule is O=C([C@@H]1CN(c2nc(-c3ccccc3)nc3c2CCC3)CCN1)N1CCOCC1. The van der Waals surface area contributed by atoms with Crippen molar-refractivity contribution in [2.45, 2.75) is 25.3 Å². The van der Waals surface area contributed by atoms with Crippen LogP contribution in [0.2, 0.25) is 0 Å². The number of hydrogen-bond acceptors (Lipinski definition) is 6. The van der Waals surface area contributed by atoms with Gasteiger partial charge >= 0.3 is 0 Å². The standard InChI is InChI=1S/C22H27N5O2/c28-22(26-11-13-29-14-12-26)19-15-27(10-9-23-19)21-17-7-4-8-18(17)24-20(25-21)16-5-2-1-3-6-16/h1-3,5-6,19,23H,4,7-15H2/t19-/m0/s1. The lowest BCUT2D eigenvalue weighted by molar-refractivity contribution is -0.137. The van der Waals surface area contributed by atoms with Crippen LogP contribution >= 0.6 is 0 Å². The third-order valence-corrected chi connectivity index (χ3v) is 6.04. The van der Waals surface area contributed by atoms with Gasteiger partial charge in [-0.2, -0.15) is 0 Å². The van der Waals surface area contributed by atoms with Crippen molar-refractivity contribution in [1.29, 1.82) is 0 Å². The second kappa shape index (κ2) is 8.08. The molecule has 1 atom stereocenters. The van der Waals surface area contributed by atoms with Crippen LogP contribution in [0.5, 0.6) is 0 Å². The van der Waals surface area contributed by atoms with Gasteiger partial charge in [-0.05, 0) is 19.3 Å². The van der Waals surface area contributed by atoms with Gasteiger partial charge in [-0.25, -0.2) is 9.97 Å². The number of anilines is 1. The molecule has 1 amide bonds. The molecule has 0 bridgehead atoms. The Morgan fingerprint density at radius 1 is 1.07 bits per heavy atom. The first kappa shape index (κ1) is 18.5. The fourth-order valence-electron chi connectivity index (χ4n) is 4.50. The van der Waals surface area contributed by atoms with Crippen LogP contribution in [-0.2, 0) is 22.4 Å². The number of nitrogens with zero attached hydrogens (tertiary/aromatic N) is 4. The summed E-state index contributed by atoms with van der Waals surface area (Å²) in [6.07, 6.45) is 3.15. The molecule has 152 valence electrons. The lowest BCUT2D eigenvalue weighted by atomic mass is 10.1. The summed E-state index contributed by atoms with van der Waals surface area (Å²) >= 11 is 0. The van der Waals surface area contributed by atoms with Crippen LogP contribution in [0, 0.1) is 0 Å². The van der Waals surface area contributed by atoms with Gasteiger partial charge < -0.3 is 19.9 Å². The second-order valence-corrected chi connectivity index (χ2v) is 7.91. The van der Waals surface area contributed by atoms with Gasteiger partial charge in [0.15, 0.2) is 5.82 Å². The van der Waals surface area contributed by atoms with Gasteiger partial charge in [0.25, 0.3) is 0 Å². The lowest BCUT2D eigenvalue weighted by Gasteiger charge is -2.38. The zero-order valence-electron chi connectivity index (χ0n) is 16.6. The number of carbonyl (C=O) groups excluding carboxylic acids is 1. The summed E-state index contributed by atoms with van der Waals surface area (Å²) in [5.41, 5.74) is 3.48. The topological polar surface area (TPSA) is 70.6 Å². The predicted molar refractivity (Wildman–Crippen MR) is 111 cm³/mol. The van der Waals surface area contributed by atoms with E-state index in [1.165, 1.54) is 11.3 Å². The highest BCUT2D eigenvalue weighted by Gasteiger charge is 2.32. The highest BCUT2D eigenvalue weighted by atomic mass is 16.5. The van der Waals surface area contributed by atoms with Crippen LogP contribution in [0.25, 0.3) is 11.4 Å². The van der Waals surface area contributed by atoms with Crippen molar-refractivity contribution in [3.05, 3.63) is 41.6 Å². The molecular weight excluding hydrogens is 366 g/mol. The maximum atomic E-state index is 13.0. The van der Waals surface area contributed by atoms with Crippen LogP contribution in [0.15, 0.2) is 30.3 Å². The third-order valence-electron chi connectivity index (χ3n) is 6.04. The minimum atomic E-state index is -0.200. The Morgan fingerprint density at radius 2 is 1.90 bits per heavy atom. The second-order valence-electron chi connectivity index (χ2n) is 7.91. The Hall–Kier alpha value is -2.51. The van der Waals surface area contributed by atoms with E-state index in [-0.39, 0.29) is 11.9 Å². The number of carbonyl (C=O) groups is 1. The molecule has 2 fully saturated rings. The van der Waals surface area contributed by atoms with Crippen molar-refractivity contribution in [2.24, 2.45) is 0 Å². The van der Waals surface area contributed by atoms with Crippen molar-refractivity contribution in [1.82, 2.24) is 20.2 Å². The molecule has 1 aromatic heterocycles. The molecular formula is C22H27N5O2. The molecule has 3 heterocycles. The van der Waals surface area contributed by atoms with Gasteiger partial charge in [0.1, 0.15) is 11.9 Å². The fraction of sp³-hybridized carbons (Fsp3) is 0.500. The monoisotopic (exact) mass is 393 g/mol. The Morgan fingerprint density at radius 3 is 2.72 bits per heavy atom. The first-order valence-corrected chi connectivity index (χ1v) is 10.6. The number of aromatic nitrogens is 2. The van der Waals surface area contributed by atoms with E-state index in [1.807, 2.05) is 23.1 Å². The quantitative estimate of drug-likeness (QED) is 0.847. The maximum absolute atomic E-state index is 13.0. The van der Waals surface area contributed by atoms with Crippen LogP contribution in [0.1, 0.15) is 17.7 Å². The van der Waals surface area contributed by atoms with E-state index in [0.29, 0.717) is 32.8 Å². The number of hydrogen-bond donors (Lipinski definition) is 1. The third kappa shape index (κ3) is 3.72. The normalized spacial score (nSPS) is 21.9. The van der Waals surface area contributed by atoms with Gasteiger partial charge in [0.05, 0.1) is 13.2 Å². The van der Waals surface area contributed by atoms with Gasteiger partial charge in [0.2, 0.25) is 5.91 Å². The van der Waals surface area contributed by atoms with Gasteiger partial charge in [0, 0.05) is 49.5 Å². The van der Waals surface area contributed by atoms with Crippen LogP contribution in [-0.4, -0.2) is 72.8 Å². The summed E-state index contributed by atoms with van der Waals surface area (Å²) in [6, 6.07) is 9.97. The highest BCUT2D eigenvalue weighted by Crippen LogP contribution is 2.32. The minimum Gasteiger partial charge on any atom is -0.378 e. The van der Waals surface area contributed by atoms with E-state index >= 15 is 0 Å². The summed E-state index contributed by atoms with van der Waals surface area (Å²) in [4.78, 5) is 27.1. The van der Waals surface area contributed by atoms with Crippen molar-refractivity contribution in [2.75, 3.05) is 50.8 Å². The Kier molecular flexibility index (Phi) is 5.16. The Labute approximate surface area is 171 Å². The van der Waals surface area contributed by atoms with Gasteiger partial charge in [-0.3, -0.25) is 4.79 Å². The summed E-state index contributed by atoms with van der Waals surface area (Å²) in [5, 5.41) is 3.41. The smallest absolute Gasteiger partial charge is 0.241 e. The Balaban J connectivity index is 1.42. The number of aryl methyl sites for hydroxylation is 1. The van der Waals surface area contributed by atoms with Crippen LogP contribution in [0.3, 0.4) is 0 Å². The number of benzene rings is 1. The largest absolute Gasteiger partial charge is 0.378 e. The molecule has 1 aromatic carbocycles. The average molecular weight is 393 g/mol. The maximum Gasteiger partial charge on any atom is 0.241 e. The van der Waals surface area contributed by atoms with Crippen LogP contribution in [0.4, 0.5) is 5.82 Å². The van der Waals surface area contributed by atoms with E-state index in [1.54, 1.807) is 0 Å². The molecule has 0 saturated carbocycles. The van der Waals surface area contributed by atoms with Crippen molar-refractivity contribution >= 4 is 11.7 Å². The van der Waals surface area contributed by atoms with Crippen molar-refractivity contribution < 1.29 is 9.53 Å². The zero-order chi connectivity index (χ0) is 19.6. The van der Waals surface area contributed by atoms with E-state index in [4.69, 9.17) is 14.7 Å². The molecule has 3 aliphatic rings. The fourth-order valence-corrected chi connectivity index (χ4v) is 4.50. The van der Waals surface area contributed by atoms with E-state index in [2.05, 4.69) is 22.3 Å². The molecule has 29 heavy (non-hydrogen) atoms. The number of amides is 1. The molecule has 0 radical (unpaired) electrons. The van der Waals surface area contributed by atoms with E-state index < -0.39 is 0 Å². The average Bonchev–Trinajstić information content (AvgIpc) is 3.28. The van der Waals surface area contributed by atoms with Crippen LogP contribution < -0.4 is 10.2 Å². The van der Waals surface area contributed by atoms with Crippen molar-refractivity contribution in [3.63, 3.8) is 0 Å². The molecule has 0 unspecified atom stereocenters. The molecule has 1 aliphatic carbocycles. The molecule has 2 aliphatic heterocycles. The molecule has 1 N–H and O–H groups in total. The summed E-state index contributed by atoms with van der Waals surface area (Å²) in [5.74, 6) is 1.98. The number of nitrogens with one attached hydrogen (secondary N) is 1. The highest BCUT2D eigenvalue weighted by molar-refractivity contribution is 5.83. The molecule has 2 aromatic rings. The number of morpholine rings is 1. The molecule has 7 nitrogen and oxygen atoms in total. The summed E-state index contributed by atoms with van der Waals surface area (Å²) in [6.45, 7) is 4.89. The van der Waals surface area contributed by atoms with Gasteiger partial charge in [-0.1, -0.05) is 30.3 Å². The van der Waals surface area contributed by atoms with Gasteiger partial charge in [-0.15, -0.1) is 0 Å². The van der Waals surface area contributed by atoms with E-state index in [9.17, 15) is 4.79 Å². The first-order valence-electron chi connectivity index (χ1n) is 10.6. The molecule has 7 heteroatoms. The summed E-state index contributed by atoms with van der Waals surface area (Å²) in [7, 11) is 0. The zero-order valence-corrected chi connectivity index (χ0v) is 16.6. The first-order chi connectivity index (χ1) is 14.3. The number of rotatable bonds is 3. The summed E-state index contributed by atoms with van der Waals surface area (Å²) < 4.78 is 5.39.